The van der Waals surface area contributed by atoms with Gasteiger partial charge in [-0.15, -0.1) is 0 Å². The zero-order chi connectivity index (χ0) is 25.8. The highest BCUT2D eigenvalue weighted by Crippen LogP contribution is 2.41. The minimum absolute atomic E-state index is 0.0321. The van der Waals surface area contributed by atoms with E-state index in [2.05, 4.69) is 70.3 Å². The number of rotatable bonds is 9. The number of anilines is 1. The highest BCUT2D eigenvalue weighted by Gasteiger charge is 2.41. The van der Waals surface area contributed by atoms with Gasteiger partial charge in [-0.3, -0.25) is 4.98 Å². The summed E-state index contributed by atoms with van der Waals surface area (Å²) in [5.41, 5.74) is 6.82. The third-order valence-corrected chi connectivity index (χ3v) is 7.33. The Labute approximate surface area is 224 Å². The molecular weight excluding hydrogens is 478 g/mol. The molecule has 7 heteroatoms. The molecule has 0 saturated carbocycles. The SMILES string of the molecule is COc1cccc(-n2c(C)cc([C@H]3[C@H](c4ccccn4)NC(=S)N3CCCNc3ccccc3)c2C)c1. The van der Waals surface area contributed by atoms with E-state index in [9.17, 15) is 0 Å². The van der Waals surface area contributed by atoms with Crippen molar-refractivity contribution in [2.45, 2.75) is 32.4 Å². The van der Waals surface area contributed by atoms with Gasteiger partial charge in [0.05, 0.1) is 24.9 Å². The third kappa shape index (κ3) is 5.18. The van der Waals surface area contributed by atoms with Crippen molar-refractivity contribution in [3.05, 3.63) is 108 Å². The molecule has 0 bridgehead atoms. The molecule has 2 aromatic heterocycles. The van der Waals surface area contributed by atoms with E-state index in [1.54, 1.807) is 7.11 Å². The maximum Gasteiger partial charge on any atom is 0.170 e. The second-order valence-corrected chi connectivity index (χ2v) is 9.72. The highest BCUT2D eigenvalue weighted by molar-refractivity contribution is 7.80. The van der Waals surface area contributed by atoms with Crippen molar-refractivity contribution in [3.63, 3.8) is 0 Å². The maximum atomic E-state index is 5.89. The number of pyridine rings is 1. The maximum absolute atomic E-state index is 5.89. The summed E-state index contributed by atoms with van der Waals surface area (Å²) in [6.45, 7) is 6.05. The number of hydrogen-bond acceptors (Lipinski definition) is 4. The first-order valence-corrected chi connectivity index (χ1v) is 13.1. The van der Waals surface area contributed by atoms with Crippen LogP contribution in [0.3, 0.4) is 0 Å². The predicted molar refractivity (Wildman–Crippen MR) is 154 cm³/mol. The van der Waals surface area contributed by atoms with Crippen molar-refractivity contribution in [3.8, 4) is 11.4 Å². The van der Waals surface area contributed by atoms with Crippen LogP contribution in [0, 0.1) is 13.8 Å². The Balaban J connectivity index is 1.46. The molecule has 0 radical (unpaired) electrons. The first-order valence-electron chi connectivity index (χ1n) is 12.7. The van der Waals surface area contributed by atoms with Crippen molar-refractivity contribution in [1.82, 2.24) is 19.8 Å². The summed E-state index contributed by atoms with van der Waals surface area (Å²) in [7, 11) is 1.70. The fourth-order valence-corrected chi connectivity index (χ4v) is 5.59. The lowest BCUT2D eigenvalue weighted by Crippen LogP contribution is -2.31. The van der Waals surface area contributed by atoms with E-state index in [0.717, 1.165) is 47.4 Å². The number of aryl methyl sites for hydroxylation is 1. The molecule has 1 aliphatic heterocycles. The highest BCUT2D eigenvalue weighted by atomic mass is 32.1. The van der Waals surface area contributed by atoms with Gasteiger partial charge in [0.2, 0.25) is 0 Å². The van der Waals surface area contributed by atoms with Crippen LogP contribution in [0.4, 0.5) is 5.69 Å². The summed E-state index contributed by atoms with van der Waals surface area (Å²) < 4.78 is 7.79. The van der Waals surface area contributed by atoms with E-state index >= 15 is 0 Å². The first-order chi connectivity index (χ1) is 18.1. The predicted octanol–water partition coefficient (Wildman–Crippen LogP) is 5.97. The third-order valence-electron chi connectivity index (χ3n) is 6.98. The van der Waals surface area contributed by atoms with Crippen molar-refractivity contribution in [2.24, 2.45) is 0 Å². The van der Waals surface area contributed by atoms with E-state index in [1.807, 2.05) is 48.7 Å². The van der Waals surface area contributed by atoms with Gasteiger partial charge in [-0.05, 0) is 80.5 Å². The number of hydrogen-bond donors (Lipinski definition) is 2. The monoisotopic (exact) mass is 511 g/mol. The standard InChI is InChI=1S/C30H33N5OS/c1-21-19-26(22(2)35(21)24-13-9-14-25(20-24)36-3)29-28(27-15-7-8-16-32-27)33-30(37)34(29)18-10-17-31-23-11-5-4-6-12-23/h4-9,11-16,19-20,28-29,31H,10,17-18H2,1-3H3,(H,33,37)/t28-,29-/m0/s1. The van der Waals surface area contributed by atoms with E-state index in [1.165, 1.54) is 17.0 Å². The zero-order valence-corrected chi connectivity index (χ0v) is 22.3. The molecule has 0 amide bonds. The number of thiocarbonyl (C=S) groups is 1. The zero-order valence-electron chi connectivity index (χ0n) is 21.5. The Bertz CT molecular complexity index is 1360. The normalized spacial score (nSPS) is 17.1. The number of nitrogens with zero attached hydrogens (tertiary/aromatic N) is 3. The second-order valence-electron chi connectivity index (χ2n) is 9.33. The first kappa shape index (κ1) is 24.8. The molecule has 0 unspecified atom stereocenters. The quantitative estimate of drug-likeness (QED) is 0.213. The average Bonchev–Trinajstić information content (AvgIpc) is 3.42. The molecule has 2 atom stereocenters. The number of nitrogens with one attached hydrogen (secondary N) is 2. The number of benzene rings is 2. The molecule has 4 aromatic rings. The Morgan fingerprint density at radius 2 is 1.81 bits per heavy atom. The van der Waals surface area contributed by atoms with E-state index < -0.39 is 0 Å². The van der Waals surface area contributed by atoms with Crippen molar-refractivity contribution in [2.75, 3.05) is 25.5 Å². The van der Waals surface area contributed by atoms with Crippen LogP contribution >= 0.6 is 12.2 Å². The minimum atomic E-state index is -0.0324. The van der Waals surface area contributed by atoms with Gasteiger partial charge in [-0.1, -0.05) is 30.3 Å². The molecule has 5 rings (SSSR count). The van der Waals surface area contributed by atoms with Crippen LogP contribution in [-0.2, 0) is 0 Å². The molecular formula is C30H33N5OS. The molecule has 190 valence electrons. The number of ether oxygens (including phenoxy) is 1. The van der Waals surface area contributed by atoms with Crippen LogP contribution in [0.2, 0.25) is 0 Å². The fraction of sp³-hybridized carbons (Fsp3) is 0.267. The van der Waals surface area contributed by atoms with Gasteiger partial charge in [0.15, 0.2) is 5.11 Å². The summed E-state index contributed by atoms with van der Waals surface area (Å²) >= 11 is 5.89. The Hall–Kier alpha value is -3.84. The van der Waals surface area contributed by atoms with Gasteiger partial charge >= 0.3 is 0 Å². The fourth-order valence-electron chi connectivity index (χ4n) is 5.26. The molecule has 37 heavy (non-hydrogen) atoms. The lowest BCUT2D eigenvalue weighted by molar-refractivity contribution is 0.315. The summed E-state index contributed by atoms with van der Waals surface area (Å²) in [5.74, 6) is 0.842. The molecule has 1 saturated heterocycles. The molecule has 0 aliphatic carbocycles. The Kier molecular flexibility index (Phi) is 7.42. The van der Waals surface area contributed by atoms with Gasteiger partial charge in [-0.25, -0.2) is 0 Å². The van der Waals surface area contributed by atoms with Crippen LogP contribution in [0.1, 0.15) is 41.1 Å². The Morgan fingerprint density at radius 3 is 2.57 bits per heavy atom. The molecule has 1 aliphatic rings. The topological polar surface area (TPSA) is 54.4 Å². The van der Waals surface area contributed by atoms with E-state index in [-0.39, 0.29) is 12.1 Å². The van der Waals surface area contributed by atoms with Gasteiger partial charge in [0.1, 0.15) is 5.75 Å². The van der Waals surface area contributed by atoms with Crippen LogP contribution in [-0.4, -0.2) is 39.8 Å². The van der Waals surface area contributed by atoms with Gasteiger partial charge in [0, 0.05) is 48.1 Å². The summed E-state index contributed by atoms with van der Waals surface area (Å²) in [5, 5.41) is 7.88. The number of para-hydroxylation sites is 1. The second kappa shape index (κ2) is 11.0. The lowest BCUT2D eigenvalue weighted by atomic mass is 9.96. The van der Waals surface area contributed by atoms with Crippen LogP contribution in [0.5, 0.6) is 5.75 Å². The molecule has 3 heterocycles. The molecule has 6 nitrogen and oxygen atoms in total. The summed E-state index contributed by atoms with van der Waals surface area (Å²) in [6.07, 6.45) is 2.81. The largest absolute Gasteiger partial charge is 0.497 e. The summed E-state index contributed by atoms with van der Waals surface area (Å²) in [6, 6.07) is 26.9. The number of methoxy groups -OCH3 is 1. The van der Waals surface area contributed by atoms with Crippen molar-refractivity contribution in [1.29, 1.82) is 0 Å². The van der Waals surface area contributed by atoms with Gasteiger partial charge < -0.3 is 24.8 Å². The van der Waals surface area contributed by atoms with E-state index in [4.69, 9.17) is 21.9 Å². The average molecular weight is 512 g/mol. The van der Waals surface area contributed by atoms with E-state index in [0.29, 0.717) is 0 Å². The van der Waals surface area contributed by atoms with Crippen molar-refractivity contribution >= 4 is 23.0 Å². The van der Waals surface area contributed by atoms with Crippen molar-refractivity contribution < 1.29 is 4.74 Å². The van der Waals surface area contributed by atoms with Gasteiger partial charge in [0.25, 0.3) is 0 Å². The summed E-state index contributed by atoms with van der Waals surface area (Å²) in [4.78, 5) is 7.03. The van der Waals surface area contributed by atoms with Crippen LogP contribution in [0.15, 0.2) is 85.1 Å². The molecule has 0 spiro atoms. The van der Waals surface area contributed by atoms with Crippen LogP contribution < -0.4 is 15.4 Å². The van der Waals surface area contributed by atoms with Crippen LogP contribution in [0.25, 0.3) is 5.69 Å². The number of aromatic nitrogens is 2. The minimum Gasteiger partial charge on any atom is -0.497 e. The Morgan fingerprint density at radius 1 is 1.00 bits per heavy atom. The molecule has 1 fully saturated rings. The lowest BCUT2D eigenvalue weighted by Gasteiger charge is -2.28. The van der Waals surface area contributed by atoms with Gasteiger partial charge in [-0.2, -0.15) is 0 Å². The molecule has 2 aromatic carbocycles. The smallest absolute Gasteiger partial charge is 0.170 e. The molecule has 2 N–H and O–H groups in total.